The van der Waals surface area contributed by atoms with Gasteiger partial charge in [0.1, 0.15) is 17.9 Å². The Kier molecular flexibility index (Phi) is 8.70. The van der Waals surface area contributed by atoms with E-state index in [0.29, 0.717) is 0 Å². The molecule has 3 nitrogen and oxygen atoms in total. The van der Waals surface area contributed by atoms with Gasteiger partial charge in [-0.25, -0.2) is 0 Å². The van der Waals surface area contributed by atoms with Gasteiger partial charge in [0.15, 0.2) is 0 Å². The minimum atomic E-state index is -0.424. The summed E-state index contributed by atoms with van der Waals surface area (Å²) in [7, 11) is 1.71. The predicted molar refractivity (Wildman–Crippen MR) is 89.0 cm³/mol. The summed E-state index contributed by atoms with van der Waals surface area (Å²) in [6.07, 6.45) is 1.63. The van der Waals surface area contributed by atoms with Crippen molar-refractivity contribution in [1.29, 1.82) is 0 Å². The van der Waals surface area contributed by atoms with Crippen LogP contribution in [0, 0.1) is 0 Å². The standard InChI is InChI=1S/C19H25NO2.ClH/c1-15(19(21)17-10-4-3-5-11-17)20-14-8-12-16-9-6-7-13-18(16)22-2;/h3-7,9-11,13,15,19-21H,8,12,14H2,1-2H3;1H. The molecule has 0 aliphatic heterocycles. The zero-order valence-electron chi connectivity index (χ0n) is 13.8. The fourth-order valence-electron chi connectivity index (χ4n) is 2.67. The zero-order chi connectivity index (χ0) is 15.8. The van der Waals surface area contributed by atoms with E-state index in [9.17, 15) is 5.11 Å². The van der Waals surface area contributed by atoms with Gasteiger partial charge in [-0.3, -0.25) is 0 Å². The van der Waals surface area contributed by atoms with E-state index in [1.165, 1.54) is 5.56 Å². The van der Waals surface area contributed by atoms with Crippen molar-refractivity contribution in [2.75, 3.05) is 13.7 Å². The molecule has 0 bridgehead atoms. The molecule has 2 aromatic carbocycles. The number of aliphatic hydroxyl groups is 1. The molecule has 0 aliphatic carbocycles. The van der Waals surface area contributed by atoms with Crippen LogP contribution in [-0.2, 0) is 6.42 Å². The molecule has 0 saturated carbocycles. The van der Waals surface area contributed by atoms with Gasteiger partial charge in [-0.1, -0.05) is 48.5 Å². The molecule has 23 heavy (non-hydrogen) atoms. The lowest BCUT2D eigenvalue weighted by atomic mass is 10.0. The number of nitrogens with two attached hydrogens (primary N) is 1. The van der Waals surface area contributed by atoms with E-state index >= 15 is 0 Å². The van der Waals surface area contributed by atoms with Crippen LogP contribution >= 0.6 is 0 Å². The van der Waals surface area contributed by atoms with Crippen molar-refractivity contribution in [3.05, 3.63) is 65.7 Å². The molecule has 2 atom stereocenters. The Hall–Kier alpha value is -1.55. The third kappa shape index (κ3) is 5.87. The van der Waals surface area contributed by atoms with Gasteiger partial charge in [0, 0.05) is 6.42 Å². The largest absolute Gasteiger partial charge is 1.00 e. The van der Waals surface area contributed by atoms with Gasteiger partial charge in [-0.2, -0.15) is 0 Å². The first-order chi connectivity index (χ1) is 10.7. The SMILES string of the molecule is COc1ccccc1CCC[NH2+]C(C)C(O)c1ccccc1.[Cl-]. The average molecular weight is 336 g/mol. The van der Waals surface area contributed by atoms with E-state index in [0.717, 1.165) is 30.7 Å². The van der Waals surface area contributed by atoms with Crippen LogP contribution in [0.25, 0.3) is 0 Å². The van der Waals surface area contributed by atoms with Crippen molar-refractivity contribution in [3.8, 4) is 5.75 Å². The first-order valence-corrected chi connectivity index (χ1v) is 7.90. The highest BCUT2D eigenvalue weighted by Gasteiger charge is 2.18. The molecule has 2 unspecified atom stereocenters. The zero-order valence-corrected chi connectivity index (χ0v) is 14.5. The number of methoxy groups -OCH3 is 1. The summed E-state index contributed by atoms with van der Waals surface area (Å²) in [6.45, 7) is 3.06. The van der Waals surface area contributed by atoms with Gasteiger partial charge in [0.05, 0.1) is 13.7 Å². The Morgan fingerprint density at radius 3 is 2.39 bits per heavy atom. The molecule has 0 saturated heterocycles. The van der Waals surface area contributed by atoms with Crippen LogP contribution in [0.4, 0.5) is 0 Å². The van der Waals surface area contributed by atoms with Gasteiger partial charge >= 0.3 is 0 Å². The molecule has 126 valence electrons. The van der Waals surface area contributed by atoms with E-state index in [1.54, 1.807) is 7.11 Å². The van der Waals surface area contributed by atoms with Crippen molar-refractivity contribution in [2.45, 2.75) is 31.9 Å². The van der Waals surface area contributed by atoms with Crippen molar-refractivity contribution in [1.82, 2.24) is 0 Å². The summed E-state index contributed by atoms with van der Waals surface area (Å²) in [5.41, 5.74) is 2.23. The number of hydrogen-bond acceptors (Lipinski definition) is 2. The summed E-state index contributed by atoms with van der Waals surface area (Å²) in [5.74, 6) is 0.958. The Morgan fingerprint density at radius 2 is 1.70 bits per heavy atom. The van der Waals surface area contributed by atoms with Crippen LogP contribution in [0.15, 0.2) is 54.6 Å². The second-order valence-electron chi connectivity index (χ2n) is 5.65. The maximum absolute atomic E-state index is 10.3. The van der Waals surface area contributed by atoms with E-state index < -0.39 is 6.10 Å². The highest BCUT2D eigenvalue weighted by molar-refractivity contribution is 5.33. The van der Waals surface area contributed by atoms with E-state index in [4.69, 9.17) is 4.74 Å². The molecule has 0 heterocycles. The fourth-order valence-corrected chi connectivity index (χ4v) is 2.67. The molecule has 3 N–H and O–H groups in total. The van der Waals surface area contributed by atoms with Gasteiger partial charge in [-0.15, -0.1) is 0 Å². The number of aliphatic hydroxyl groups excluding tert-OH is 1. The first-order valence-electron chi connectivity index (χ1n) is 7.90. The molecule has 0 fully saturated rings. The molecule has 4 heteroatoms. The monoisotopic (exact) mass is 335 g/mol. The van der Waals surface area contributed by atoms with Crippen molar-refractivity contribution < 1.29 is 27.6 Å². The third-order valence-corrected chi connectivity index (χ3v) is 4.02. The molecule has 2 aromatic rings. The van der Waals surface area contributed by atoms with Crippen LogP contribution in [-0.4, -0.2) is 24.8 Å². The number of para-hydroxylation sites is 1. The molecule has 0 aromatic heterocycles. The summed E-state index contributed by atoms with van der Waals surface area (Å²) in [4.78, 5) is 0. The topological polar surface area (TPSA) is 46.1 Å². The summed E-state index contributed by atoms with van der Waals surface area (Å²) in [6, 6.07) is 18.2. The van der Waals surface area contributed by atoms with E-state index in [2.05, 4.69) is 18.3 Å². The molecule has 0 amide bonds. The Morgan fingerprint density at radius 1 is 1.04 bits per heavy atom. The molecular weight excluding hydrogens is 310 g/mol. The fraction of sp³-hybridized carbons (Fsp3) is 0.368. The number of aryl methyl sites for hydroxylation is 1. The van der Waals surface area contributed by atoms with Crippen LogP contribution in [0.5, 0.6) is 5.75 Å². The number of benzene rings is 2. The average Bonchev–Trinajstić information content (AvgIpc) is 2.59. The second kappa shape index (κ2) is 10.3. The Labute approximate surface area is 145 Å². The molecule has 0 radical (unpaired) electrons. The highest BCUT2D eigenvalue weighted by atomic mass is 35.5. The summed E-state index contributed by atoms with van der Waals surface area (Å²) >= 11 is 0. The molecule has 0 spiro atoms. The van der Waals surface area contributed by atoms with Crippen molar-refractivity contribution in [3.63, 3.8) is 0 Å². The number of quaternary nitrogens is 1. The number of halogens is 1. The Bertz CT molecular complexity index is 562. The predicted octanol–water partition coefficient (Wildman–Crippen LogP) is -0.683. The smallest absolute Gasteiger partial charge is 0.130 e. The van der Waals surface area contributed by atoms with Crippen LogP contribution in [0.1, 0.15) is 30.6 Å². The maximum Gasteiger partial charge on any atom is 0.130 e. The molecule has 2 rings (SSSR count). The summed E-state index contributed by atoms with van der Waals surface area (Å²) in [5, 5.41) is 12.6. The van der Waals surface area contributed by atoms with Gasteiger partial charge in [0.2, 0.25) is 0 Å². The van der Waals surface area contributed by atoms with Crippen LogP contribution in [0.3, 0.4) is 0 Å². The number of ether oxygens (including phenoxy) is 1. The highest BCUT2D eigenvalue weighted by Crippen LogP contribution is 2.18. The van der Waals surface area contributed by atoms with Crippen LogP contribution in [0.2, 0.25) is 0 Å². The van der Waals surface area contributed by atoms with Gasteiger partial charge in [0.25, 0.3) is 0 Å². The second-order valence-corrected chi connectivity index (χ2v) is 5.65. The van der Waals surface area contributed by atoms with Crippen molar-refractivity contribution >= 4 is 0 Å². The van der Waals surface area contributed by atoms with Gasteiger partial charge in [-0.05, 0) is 30.5 Å². The lowest BCUT2D eigenvalue weighted by Crippen LogP contribution is -3.00. The minimum Gasteiger partial charge on any atom is -1.00 e. The lowest BCUT2D eigenvalue weighted by molar-refractivity contribution is -0.694. The molecule has 0 aliphatic rings. The quantitative estimate of drug-likeness (QED) is 0.628. The third-order valence-electron chi connectivity index (χ3n) is 4.02. The normalized spacial score (nSPS) is 13.0. The van der Waals surface area contributed by atoms with Crippen molar-refractivity contribution in [2.24, 2.45) is 0 Å². The van der Waals surface area contributed by atoms with Crippen LogP contribution < -0.4 is 22.5 Å². The maximum atomic E-state index is 10.3. The van der Waals surface area contributed by atoms with E-state index in [-0.39, 0.29) is 18.4 Å². The van der Waals surface area contributed by atoms with Gasteiger partial charge < -0.3 is 27.6 Å². The number of hydrogen-bond donors (Lipinski definition) is 2. The lowest BCUT2D eigenvalue weighted by Gasteiger charge is -2.18. The summed E-state index contributed by atoms with van der Waals surface area (Å²) < 4.78 is 5.37. The number of rotatable bonds is 8. The van der Waals surface area contributed by atoms with E-state index in [1.807, 2.05) is 48.5 Å². The minimum absolute atomic E-state index is 0. The molecular formula is C19H26ClNO2. The first kappa shape index (κ1) is 19.5. The Balaban J connectivity index is 0.00000264.